The van der Waals surface area contributed by atoms with Crippen LogP contribution >= 0.6 is 0 Å². The van der Waals surface area contributed by atoms with E-state index in [9.17, 15) is 5.11 Å². The molecule has 58 valence electrons. The molecule has 0 bridgehead atoms. The van der Waals surface area contributed by atoms with Gasteiger partial charge in [0.05, 0.1) is 12.2 Å². The highest BCUT2D eigenvalue weighted by Gasteiger charge is 2.54. The van der Waals surface area contributed by atoms with Crippen LogP contribution in [0, 0.1) is 0 Å². The molecule has 1 aliphatic rings. The molecule has 2 heteroatoms. The van der Waals surface area contributed by atoms with Gasteiger partial charge in [-0.15, -0.1) is 6.58 Å². The van der Waals surface area contributed by atoms with Crippen LogP contribution in [0.25, 0.3) is 0 Å². The summed E-state index contributed by atoms with van der Waals surface area (Å²) in [6, 6.07) is 0. The van der Waals surface area contributed by atoms with Crippen molar-refractivity contribution in [2.45, 2.75) is 38.1 Å². The van der Waals surface area contributed by atoms with Gasteiger partial charge in [0.1, 0.15) is 5.60 Å². The van der Waals surface area contributed by atoms with E-state index in [1.165, 1.54) is 0 Å². The van der Waals surface area contributed by atoms with Crippen LogP contribution in [0.2, 0.25) is 0 Å². The smallest absolute Gasteiger partial charge is 0.118 e. The maximum atomic E-state index is 9.19. The summed E-state index contributed by atoms with van der Waals surface area (Å²) in [5.74, 6) is 0. The number of epoxide rings is 1. The van der Waals surface area contributed by atoms with Crippen LogP contribution in [-0.4, -0.2) is 22.9 Å². The van der Waals surface area contributed by atoms with Gasteiger partial charge in [-0.1, -0.05) is 6.08 Å². The Bertz CT molecular complexity index is 142. The van der Waals surface area contributed by atoms with Crippen molar-refractivity contribution in [1.82, 2.24) is 0 Å². The van der Waals surface area contributed by atoms with Crippen LogP contribution in [0.4, 0.5) is 0 Å². The van der Waals surface area contributed by atoms with Crippen LogP contribution in [-0.2, 0) is 4.74 Å². The highest BCUT2D eigenvalue weighted by molar-refractivity contribution is 5.05. The van der Waals surface area contributed by atoms with E-state index < -0.39 is 0 Å². The van der Waals surface area contributed by atoms with Crippen LogP contribution in [0.15, 0.2) is 12.7 Å². The summed E-state index contributed by atoms with van der Waals surface area (Å²) >= 11 is 0. The topological polar surface area (TPSA) is 32.8 Å². The highest BCUT2D eigenvalue weighted by Crippen LogP contribution is 2.41. The van der Waals surface area contributed by atoms with Crippen molar-refractivity contribution in [3.05, 3.63) is 12.7 Å². The molecular weight excluding hydrogens is 128 g/mol. The zero-order chi connectivity index (χ0) is 7.78. The summed E-state index contributed by atoms with van der Waals surface area (Å²) in [5, 5.41) is 9.19. The lowest BCUT2D eigenvalue weighted by molar-refractivity contribution is 0.101. The molecule has 1 N–H and O–H groups in total. The molecule has 0 aliphatic carbocycles. The SMILES string of the molecule is C=CC[C@@H]1O[C@]1(C)[C@H](C)O. The molecule has 2 nitrogen and oxygen atoms in total. The molecule has 0 unspecified atom stereocenters. The Balaban J connectivity index is 2.40. The zero-order valence-corrected chi connectivity index (χ0v) is 6.50. The van der Waals surface area contributed by atoms with Crippen molar-refractivity contribution in [2.24, 2.45) is 0 Å². The first-order valence-corrected chi connectivity index (χ1v) is 3.58. The monoisotopic (exact) mass is 142 g/mol. The molecule has 10 heavy (non-hydrogen) atoms. The molecule has 0 spiro atoms. The fraction of sp³-hybridized carbons (Fsp3) is 0.750. The second kappa shape index (κ2) is 2.36. The second-order valence-electron chi connectivity index (χ2n) is 2.99. The van der Waals surface area contributed by atoms with Gasteiger partial charge in [-0.05, 0) is 20.3 Å². The fourth-order valence-corrected chi connectivity index (χ4v) is 1.07. The van der Waals surface area contributed by atoms with Crippen molar-refractivity contribution in [3.63, 3.8) is 0 Å². The number of hydrogen-bond acceptors (Lipinski definition) is 2. The lowest BCUT2D eigenvalue weighted by Gasteiger charge is -2.07. The van der Waals surface area contributed by atoms with E-state index in [0.29, 0.717) is 0 Å². The summed E-state index contributed by atoms with van der Waals surface area (Å²) in [7, 11) is 0. The van der Waals surface area contributed by atoms with Gasteiger partial charge in [0.2, 0.25) is 0 Å². The Morgan fingerprint density at radius 3 is 2.80 bits per heavy atom. The van der Waals surface area contributed by atoms with E-state index in [-0.39, 0.29) is 17.8 Å². The first kappa shape index (κ1) is 7.76. The van der Waals surface area contributed by atoms with Gasteiger partial charge in [0, 0.05) is 0 Å². The molecule has 3 atom stereocenters. The number of ether oxygens (including phenoxy) is 1. The molecule has 1 fully saturated rings. The van der Waals surface area contributed by atoms with Crippen LogP contribution in [0.1, 0.15) is 20.3 Å². The summed E-state index contributed by atoms with van der Waals surface area (Å²) in [4.78, 5) is 0. The minimum absolute atomic E-state index is 0.185. The van der Waals surface area contributed by atoms with Gasteiger partial charge in [0.25, 0.3) is 0 Å². The van der Waals surface area contributed by atoms with Crippen LogP contribution < -0.4 is 0 Å². The quantitative estimate of drug-likeness (QED) is 0.473. The molecule has 1 rings (SSSR count). The third kappa shape index (κ3) is 1.09. The van der Waals surface area contributed by atoms with Crippen molar-refractivity contribution in [2.75, 3.05) is 0 Å². The van der Waals surface area contributed by atoms with Gasteiger partial charge in [0.15, 0.2) is 0 Å². The van der Waals surface area contributed by atoms with Gasteiger partial charge >= 0.3 is 0 Å². The molecule has 0 aromatic carbocycles. The maximum Gasteiger partial charge on any atom is 0.118 e. The van der Waals surface area contributed by atoms with Gasteiger partial charge in [-0.25, -0.2) is 0 Å². The van der Waals surface area contributed by atoms with Crippen LogP contribution in [0.3, 0.4) is 0 Å². The van der Waals surface area contributed by atoms with E-state index in [1.807, 2.05) is 13.0 Å². The molecule has 0 aromatic heterocycles. The Hall–Kier alpha value is -0.340. The van der Waals surface area contributed by atoms with Crippen molar-refractivity contribution in [3.8, 4) is 0 Å². The van der Waals surface area contributed by atoms with E-state index >= 15 is 0 Å². The average Bonchev–Trinajstić information content (AvgIpc) is 2.45. The Kier molecular flexibility index (Phi) is 1.84. The molecule has 1 heterocycles. The average molecular weight is 142 g/mol. The fourth-order valence-electron chi connectivity index (χ4n) is 1.07. The number of hydrogen-bond donors (Lipinski definition) is 1. The lowest BCUT2D eigenvalue weighted by atomic mass is 10.0. The molecule has 0 amide bonds. The van der Waals surface area contributed by atoms with Crippen molar-refractivity contribution in [1.29, 1.82) is 0 Å². The third-order valence-electron chi connectivity index (χ3n) is 2.19. The molecule has 1 saturated heterocycles. The van der Waals surface area contributed by atoms with Gasteiger partial charge < -0.3 is 9.84 Å². The Morgan fingerprint density at radius 2 is 2.50 bits per heavy atom. The van der Waals surface area contributed by atoms with Crippen LogP contribution in [0.5, 0.6) is 0 Å². The van der Waals surface area contributed by atoms with Gasteiger partial charge in [-0.2, -0.15) is 0 Å². The Labute approximate surface area is 61.5 Å². The summed E-state index contributed by atoms with van der Waals surface area (Å²) < 4.78 is 5.29. The second-order valence-corrected chi connectivity index (χ2v) is 2.99. The van der Waals surface area contributed by atoms with E-state index in [2.05, 4.69) is 6.58 Å². The largest absolute Gasteiger partial charge is 0.390 e. The molecule has 0 radical (unpaired) electrons. The first-order valence-electron chi connectivity index (χ1n) is 3.58. The third-order valence-corrected chi connectivity index (χ3v) is 2.19. The van der Waals surface area contributed by atoms with Crippen molar-refractivity contribution < 1.29 is 9.84 Å². The zero-order valence-electron chi connectivity index (χ0n) is 6.50. The minimum Gasteiger partial charge on any atom is -0.390 e. The predicted octanol–water partition coefficient (Wildman–Crippen LogP) is 1.10. The summed E-state index contributed by atoms with van der Waals surface area (Å²) in [6.07, 6.45) is 2.46. The number of rotatable bonds is 3. The first-order chi connectivity index (χ1) is 4.61. The summed E-state index contributed by atoms with van der Waals surface area (Å²) in [6.45, 7) is 7.28. The molecular formula is C8H14O2. The molecule has 0 saturated carbocycles. The lowest BCUT2D eigenvalue weighted by Crippen LogP contribution is -2.25. The van der Waals surface area contributed by atoms with E-state index in [0.717, 1.165) is 6.42 Å². The minimum atomic E-state index is -0.377. The van der Waals surface area contributed by atoms with Gasteiger partial charge in [-0.3, -0.25) is 0 Å². The van der Waals surface area contributed by atoms with E-state index in [1.54, 1.807) is 6.92 Å². The molecule has 1 aliphatic heterocycles. The Morgan fingerprint density at radius 1 is 1.90 bits per heavy atom. The normalized spacial score (nSPS) is 40.9. The number of aliphatic hydroxyl groups is 1. The highest BCUT2D eigenvalue weighted by atomic mass is 16.6. The van der Waals surface area contributed by atoms with E-state index in [4.69, 9.17) is 4.74 Å². The number of aliphatic hydroxyl groups excluding tert-OH is 1. The maximum absolute atomic E-state index is 9.19. The summed E-state index contributed by atoms with van der Waals surface area (Å²) in [5.41, 5.74) is -0.297. The van der Waals surface area contributed by atoms with Crippen molar-refractivity contribution >= 4 is 0 Å². The standard InChI is InChI=1S/C8H14O2/c1-4-5-7-8(3,10-7)6(2)9/h4,6-7,9H,1,5H2,2-3H3/t6-,7-,8+/m0/s1. The predicted molar refractivity (Wildman–Crippen MR) is 39.8 cm³/mol. The molecule has 0 aromatic rings.